The zero-order chi connectivity index (χ0) is 11.4. The van der Waals surface area contributed by atoms with Crippen LogP contribution in [0.4, 0.5) is 0 Å². The molecule has 2 atom stereocenters. The largest absolute Gasteiger partial charge is 0.315 e. The van der Waals surface area contributed by atoms with Gasteiger partial charge in [-0.15, -0.1) is 0 Å². The predicted molar refractivity (Wildman–Crippen MR) is 68.8 cm³/mol. The van der Waals surface area contributed by atoms with Crippen molar-refractivity contribution < 1.29 is 0 Å². The summed E-state index contributed by atoms with van der Waals surface area (Å²) in [6.45, 7) is 8.57. The lowest BCUT2D eigenvalue weighted by molar-refractivity contribution is 0.0653. The maximum atomic E-state index is 3.52. The summed E-state index contributed by atoms with van der Waals surface area (Å²) in [6, 6.07) is 1.54. The Morgan fingerprint density at radius 1 is 1.06 bits per heavy atom. The molecule has 1 saturated heterocycles. The maximum absolute atomic E-state index is 3.52. The molecule has 1 aliphatic heterocycles. The van der Waals surface area contributed by atoms with E-state index in [0.717, 1.165) is 12.1 Å². The van der Waals surface area contributed by atoms with Gasteiger partial charge in [-0.05, 0) is 26.4 Å². The smallest absolute Gasteiger partial charge is 0.0250 e. The summed E-state index contributed by atoms with van der Waals surface area (Å²) in [7, 11) is 2.13. The number of piperazine rings is 1. The second-order valence-corrected chi connectivity index (χ2v) is 5.22. The van der Waals surface area contributed by atoms with Crippen LogP contribution in [0.3, 0.4) is 0 Å². The summed E-state index contributed by atoms with van der Waals surface area (Å²) in [5.74, 6) is 0. The van der Waals surface area contributed by atoms with E-state index in [0.29, 0.717) is 0 Å². The van der Waals surface area contributed by atoms with Gasteiger partial charge in [0.25, 0.3) is 0 Å². The summed E-state index contributed by atoms with van der Waals surface area (Å²) in [4.78, 5) is 5.29. The summed E-state index contributed by atoms with van der Waals surface area (Å²) < 4.78 is 0. The van der Waals surface area contributed by atoms with Crippen LogP contribution in [0.1, 0.15) is 32.6 Å². The quantitative estimate of drug-likeness (QED) is 0.777. The van der Waals surface area contributed by atoms with E-state index < -0.39 is 0 Å². The number of nitrogens with zero attached hydrogens (tertiary/aromatic N) is 2. The number of hydrogen-bond acceptors (Lipinski definition) is 3. The fourth-order valence-electron chi connectivity index (χ4n) is 3.30. The molecule has 0 aromatic carbocycles. The van der Waals surface area contributed by atoms with Crippen molar-refractivity contribution in [2.45, 2.75) is 44.7 Å². The molecule has 0 spiro atoms. The van der Waals surface area contributed by atoms with Crippen LogP contribution in [0.5, 0.6) is 0 Å². The lowest BCUT2D eigenvalue weighted by Gasteiger charge is -2.44. The first-order valence-corrected chi connectivity index (χ1v) is 6.98. The highest BCUT2D eigenvalue weighted by Crippen LogP contribution is 2.24. The molecule has 0 aromatic rings. The summed E-state index contributed by atoms with van der Waals surface area (Å²) >= 11 is 0. The number of rotatable bonds is 3. The van der Waals surface area contributed by atoms with Crippen LogP contribution in [-0.4, -0.2) is 61.7 Å². The topological polar surface area (TPSA) is 18.5 Å². The van der Waals surface area contributed by atoms with Gasteiger partial charge in [0, 0.05) is 38.3 Å². The average Bonchev–Trinajstić information content (AvgIpc) is 2.39. The molecule has 0 amide bonds. The van der Waals surface area contributed by atoms with Crippen LogP contribution >= 0.6 is 0 Å². The van der Waals surface area contributed by atoms with E-state index in [1.54, 1.807) is 0 Å². The standard InChI is InChI=1S/C13H27N3/c1-3-15-8-10-16(11-9-15)13-7-5-4-6-12(13)14-2/h12-14H,3-11H2,1-2H3. The minimum Gasteiger partial charge on any atom is -0.315 e. The molecule has 1 saturated carbocycles. The summed E-state index contributed by atoms with van der Waals surface area (Å²) in [5.41, 5.74) is 0. The predicted octanol–water partition coefficient (Wildman–Crippen LogP) is 1.15. The van der Waals surface area contributed by atoms with Crippen LogP contribution in [0, 0.1) is 0 Å². The van der Waals surface area contributed by atoms with Gasteiger partial charge in [-0.1, -0.05) is 19.8 Å². The van der Waals surface area contributed by atoms with Gasteiger partial charge in [0.05, 0.1) is 0 Å². The fourth-order valence-corrected chi connectivity index (χ4v) is 3.30. The molecule has 3 nitrogen and oxygen atoms in total. The first-order valence-electron chi connectivity index (χ1n) is 6.98. The van der Waals surface area contributed by atoms with E-state index in [2.05, 4.69) is 29.1 Å². The average molecular weight is 225 g/mol. The number of nitrogens with one attached hydrogen (secondary N) is 1. The van der Waals surface area contributed by atoms with Crippen LogP contribution in [0.25, 0.3) is 0 Å². The number of hydrogen-bond donors (Lipinski definition) is 1. The zero-order valence-corrected chi connectivity index (χ0v) is 10.9. The second kappa shape index (κ2) is 5.99. The van der Waals surface area contributed by atoms with Crippen molar-refractivity contribution >= 4 is 0 Å². The van der Waals surface area contributed by atoms with Crippen molar-refractivity contribution in [2.24, 2.45) is 0 Å². The molecule has 3 heteroatoms. The molecule has 16 heavy (non-hydrogen) atoms. The van der Waals surface area contributed by atoms with Gasteiger partial charge in [0.15, 0.2) is 0 Å². The zero-order valence-electron chi connectivity index (χ0n) is 10.9. The highest BCUT2D eigenvalue weighted by Gasteiger charge is 2.30. The minimum atomic E-state index is 0.738. The molecule has 1 aliphatic carbocycles. The van der Waals surface area contributed by atoms with Crippen molar-refractivity contribution in [2.75, 3.05) is 39.8 Å². The highest BCUT2D eigenvalue weighted by molar-refractivity contribution is 4.89. The van der Waals surface area contributed by atoms with Crippen LogP contribution < -0.4 is 5.32 Å². The van der Waals surface area contributed by atoms with E-state index in [-0.39, 0.29) is 0 Å². The van der Waals surface area contributed by atoms with Crippen molar-refractivity contribution in [1.82, 2.24) is 15.1 Å². The van der Waals surface area contributed by atoms with Crippen LogP contribution in [0.2, 0.25) is 0 Å². The van der Waals surface area contributed by atoms with Crippen LogP contribution in [-0.2, 0) is 0 Å². The van der Waals surface area contributed by atoms with Gasteiger partial charge in [0.2, 0.25) is 0 Å². The number of likely N-dealkylation sites (N-methyl/N-ethyl adjacent to an activating group) is 2. The second-order valence-electron chi connectivity index (χ2n) is 5.22. The van der Waals surface area contributed by atoms with E-state index in [4.69, 9.17) is 0 Å². The first kappa shape index (κ1) is 12.3. The van der Waals surface area contributed by atoms with Gasteiger partial charge in [-0.25, -0.2) is 0 Å². The minimum absolute atomic E-state index is 0.738. The highest BCUT2D eigenvalue weighted by atomic mass is 15.3. The molecule has 2 aliphatic rings. The van der Waals surface area contributed by atoms with Crippen molar-refractivity contribution in [3.63, 3.8) is 0 Å². The third kappa shape index (κ3) is 2.76. The fraction of sp³-hybridized carbons (Fsp3) is 1.00. The lowest BCUT2D eigenvalue weighted by Crippen LogP contribution is -2.56. The molecule has 0 bridgehead atoms. The Balaban J connectivity index is 1.86. The molecule has 94 valence electrons. The molecular formula is C13H27N3. The normalized spacial score (nSPS) is 34.1. The van der Waals surface area contributed by atoms with Gasteiger partial charge in [0.1, 0.15) is 0 Å². The van der Waals surface area contributed by atoms with E-state index in [1.807, 2.05) is 0 Å². The Labute approximate surface area is 100 Å². The van der Waals surface area contributed by atoms with E-state index in [9.17, 15) is 0 Å². The van der Waals surface area contributed by atoms with Crippen LogP contribution in [0.15, 0.2) is 0 Å². The van der Waals surface area contributed by atoms with Gasteiger partial charge >= 0.3 is 0 Å². The Morgan fingerprint density at radius 2 is 1.75 bits per heavy atom. The molecule has 2 unspecified atom stereocenters. The molecule has 1 N–H and O–H groups in total. The van der Waals surface area contributed by atoms with Crippen molar-refractivity contribution in [1.29, 1.82) is 0 Å². The van der Waals surface area contributed by atoms with Gasteiger partial charge in [-0.2, -0.15) is 0 Å². The maximum Gasteiger partial charge on any atom is 0.0250 e. The Hall–Kier alpha value is -0.120. The summed E-state index contributed by atoms with van der Waals surface area (Å²) in [5, 5.41) is 3.52. The molecule has 2 rings (SSSR count). The Kier molecular flexibility index (Phi) is 4.62. The Morgan fingerprint density at radius 3 is 2.38 bits per heavy atom. The molecule has 2 fully saturated rings. The SMILES string of the molecule is CCN1CCN(C2CCCCC2NC)CC1. The third-order valence-electron chi connectivity index (χ3n) is 4.42. The first-order chi connectivity index (χ1) is 7.85. The van der Waals surface area contributed by atoms with Gasteiger partial charge < -0.3 is 10.2 Å². The Bertz CT molecular complexity index is 199. The molecule has 0 radical (unpaired) electrons. The molecule has 1 heterocycles. The van der Waals surface area contributed by atoms with E-state index in [1.165, 1.54) is 58.4 Å². The summed E-state index contributed by atoms with van der Waals surface area (Å²) in [6.07, 6.45) is 5.61. The van der Waals surface area contributed by atoms with E-state index >= 15 is 0 Å². The molecular weight excluding hydrogens is 198 g/mol. The van der Waals surface area contributed by atoms with Gasteiger partial charge in [-0.3, -0.25) is 4.90 Å². The molecule has 0 aromatic heterocycles. The lowest BCUT2D eigenvalue weighted by atomic mass is 9.89. The monoisotopic (exact) mass is 225 g/mol. The van der Waals surface area contributed by atoms with Crippen molar-refractivity contribution in [3.05, 3.63) is 0 Å². The van der Waals surface area contributed by atoms with Crippen molar-refractivity contribution in [3.8, 4) is 0 Å². The third-order valence-corrected chi connectivity index (χ3v) is 4.42.